The summed E-state index contributed by atoms with van der Waals surface area (Å²) in [5, 5.41) is 4.05. The molecule has 0 aliphatic heterocycles. The van der Waals surface area contributed by atoms with Crippen molar-refractivity contribution in [2.75, 3.05) is 5.88 Å². The molecule has 0 saturated heterocycles. The first kappa shape index (κ1) is 8.08. The van der Waals surface area contributed by atoms with Gasteiger partial charge in [0.05, 0.1) is 16.4 Å². The second-order valence-electron chi connectivity index (χ2n) is 2.00. The average molecular weight is 224 g/mol. The summed E-state index contributed by atoms with van der Waals surface area (Å²) in [6.45, 7) is 0. The number of alkyl halides is 1. The normalized spacial score (nSPS) is 10.3. The number of hydrogen-bond acceptors (Lipinski definition) is 1. The van der Waals surface area contributed by atoms with Crippen molar-refractivity contribution in [1.82, 2.24) is 9.78 Å². The lowest BCUT2D eigenvalue weighted by Gasteiger charge is -1.97. The van der Waals surface area contributed by atoms with Gasteiger partial charge in [0.25, 0.3) is 0 Å². The molecule has 1 aromatic heterocycles. The number of aromatic nitrogens is 2. The predicted molar refractivity (Wildman–Crippen MR) is 45.3 cm³/mol. The summed E-state index contributed by atoms with van der Waals surface area (Å²) in [6, 6.07) is 0. The third kappa shape index (κ3) is 1.52. The smallest absolute Gasteiger partial charge is 0.0635 e. The lowest BCUT2D eigenvalue weighted by Crippen LogP contribution is -1.98. The Morgan fingerprint density at radius 3 is 2.90 bits per heavy atom. The Balaban J connectivity index is 2.87. The van der Waals surface area contributed by atoms with Gasteiger partial charge in [-0.25, -0.2) is 0 Å². The van der Waals surface area contributed by atoms with Crippen molar-refractivity contribution in [2.24, 2.45) is 7.05 Å². The Morgan fingerprint density at radius 1 is 1.80 bits per heavy atom. The molecule has 10 heavy (non-hydrogen) atoms. The van der Waals surface area contributed by atoms with Gasteiger partial charge in [0.15, 0.2) is 0 Å². The molecule has 1 heterocycles. The first-order chi connectivity index (χ1) is 4.75. The molecule has 1 rings (SSSR count). The lowest BCUT2D eigenvalue weighted by molar-refractivity contribution is 0.718. The highest BCUT2D eigenvalue weighted by Gasteiger charge is 2.03. The fourth-order valence-electron chi connectivity index (χ4n) is 0.807. The zero-order valence-electron chi connectivity index (χ0n) is 5.64. The Kier molecular flexibility index (Phi) is 2.74. The molecule has 0 bridgehead atoms. The van der Waals surface area contributed by atoms with Gasteiger partial charge < -0.3 is 0 Å². The lowest BCUT2D eigenvalue weighted by atomic mass is 10.3. The van der Waals surface area contributed by atoms with Crippen LogP contribution in [0.25, 0.3) is 0 Å². The molecule has 1 aromatic rings. The van der Waals surface area contributed by atoms with Gasteiger partial charge in [-0.15, -0.1) is 11.6 Å². The van der Waals surface area contributed by atoms with Crippen LogP contribution in [0.3, 0.4) is 0 Å². The van der Waals surface area contributed by atoms with Gasteiger partial charge in [-0.05, 0) is 15.9 Å². The number of nitrogens with zero attached hydrogens (tertiary/aromatic N) is 2. The van der Waals surface area contributed by atoms with Gasteiger partial charge in [0, 0.05) is 19.3 Å². The summed E-state index contributed by atoms with van der Waals surface area (Å²) >= 11 is 8.95. The summed E-state index contributed by atoms with van der Waals surface area (Å²) in [5.74, 6) is 0.637. The maximum absolute atomic E-state index is 5.57. The summed E-state index contributed by atoms with van der Waals surface area (Å²) in [4.78, 5) is 0. The molecule has 0 spiro atoms. The highest BCUT2D eigenvalue weighted by molar-refractivity contribution is 9.10. The molecule has 0 saturated carbocycles. The number of rotatable bonds is 2. The van der Waals surface area contributed by atoms with E-state index in [1.54, 1.807) is 6.20 Å². The first-order valence-corrected chi connectivity index (χ1v) is 4.31. The second-order valence-corrected chi connectivity index (χ2v) is 3.23. The molecule has 0 radical (unpaired) electrons. The molecule has 0 atom stereocenters. The van der Waals surface area contributed by atoms with E-state index < -0.39 is 0 Å². The highest BCUT2D eigenvalue weighted by atomic mass is 79.9. The predicted octanol–water partition coefficient (Wildman–Crippen LogP) is 1.96. The molecular weight excluding hydrogens is 215 g/mol. The van der Waals surface area contributed by atoms with Gasteiger partial charge >= 0.3 is 0 Å². The zero-order valence-corrected chi connectivity index (χ0v) is 7.98. The van der Waals surface area contributed by atoms with Crippen LogP contribution in [0.2, 0.25) is 0 Å². The molecule has 56 valence electrons. The fraction of sp³-hybridized carbons (Fsp3) is 0.500. The maximum Gasteiger partial charge on any atom is 0.0635 e. The van der Waals surface area contributed by atoms with Gasteiger partial charge in [-0.1, -0.05) is 0 Å². The standard InChI is InChI=1S/C6H8BrClN2/c1-10-6(2-3-8)5(7)4-9-10/h4H,2-3H2,1H3. The van der Waals surface area contributed by atoms with Gasteiger partial charge in [-0.2, -0.15) is 5.10 Å². The van der Waals surface area contributed by atoms with Crippen LogP contribution in [0, 0.1) is 0 Å². The Bertz CT molecular complexity index is 202. The van der Waals surface area contributed by atoms with Crippen LogP contribution in [0.4, 0.5) is 0 Å². The maximum atomic E-state index is 5.57. The van der Waals surface area contributed by atoms with E-state index in [0.717, 1.165) is 16.6 Å². The van der Waals surface area contributed by atoms with Gasteiger partial charge in [-0.3, -0.25) is 4.68 Å². The quantitative estimate of drug-likeness (QED) is 0.701. The minimum Gasteiger partial charge on any atom is -0.271 e. The van der Waals surface area contributed by atoms with Crippen LogP contribution in [0.1, 0.15) is 5.69 Å². The van der Waals surface area contributed by atoms with Crippen LogP contribution in [0.5, 0.6) is 0 Å². The fourth-order valence-corrected chi connectivity index (χ4v) is 1.53. The van der Waals surface area contributed by atoms with E-state index in [1.165, 1.54) is 0 Å². The van der Waals surface area contributed by atoms with Crippen molar-refractivity contribution >= 4 is 27.5 Å². The Morgan fingerprint density at radius 2 is 2.50 bits per heavy atom. The molecule has 4 heteroatoms. The number of hydrogen-bond donors (Lipinski definition) is 0. The first-order valence-electron chi connectivity index (χ1n) is 2.98. The largest absolute Gasteiger partial charge is 0.271 e. The molecule has 0 unspecified atom stereocenters. The van der Waals surface area contributed by atoms with Crippen LogP contribution in [0.15, 0.2) is 10.7 Å². The molecule has 0 N–H and O–H groups in total. The highest BCUT2D eigenvalue weighted by Crippen LogP contribution is 2.15. The van der Waals surface area contributed by atoms with Crippen molar-refractivity contribution in [3.63, 3.8) is 0 Å². The summed E-state index contributed by atoms with van der Waals surface area (Å²) in [6.07, 6.45) is 2.64. The van der Waals surface area contributed by atoms with Crippen LogP contribution in [-0.4, -0.2) is 15.7 Å². The minimum absolute atomic E-state index is 0.637. The third-order valence-corrected chi connectivity index (χ3v) is 2.19. The van der Waals surface area contributed by atoms with Crippen LogP contribution in [-0.2, 0) is 13.5 Å². The van der Waals surface area contributed by atoms with E-state index in [-0.39, 0.29) is 0 Å². The molecule has 0 amide bonds. The van der Waals surface area contributed by atoms with E-state index in [9.17, 15) is 0 Å². The second kappa shape index (κ2) is 3.39. The van der Waals surface area contributed by atoms with Crippen molar-refractivity contribution in [1.29, 1.82) is 0 Å². The summed E-state index contributed by atoms with van der Waals surface area (Å²) in [7, 11) is 1.91. The van der Waals surface area contributed by atoms with E-state index in [2.05, 4.69) is 21.0 Å². The topological polar surface area (TPSA) is 17.8 Å². The monoisotopic (exact) mass is 222 g/mol. The minimum atomic E-state index is 0.637. The van der Waals surface area contributed by atoms with Gasteiger partial charge in [0.1, 0.15) is 0 Å². The van der Waals surface area contributed by atoms with Gasteiger partial charge in [0.2, 0.25) is 0 Å². The van der Waals surface area contributed by atoms with E-state index in [1.807, 2.05) is 11.7 Å². The molecule has 0 aromatic carbocycles. The van der Waals surface area contributed by atoms with Crippen molar-refractivity contribution in [2.45, 2.75) is 6.42 Å². The van der Waals surface area contributed by atoms with Crippen LogP contribution < -0.4 is 0 Å². The van der Waals surface area contributed by atoms with E-state index in [4.69, 9.17) is 11.6 Å². The number of aryl methyl sites for hydroxylation is 1. The Hall–Kier alpha value is -0.0200. The zero-order chi connectivity index (χ0) is 7.56. The van der Waals surface area contributed by atoms with Crippen molar-refractivity contribution in [3.05, 3.63) is 16.4 Å². The third-order valence-electron chi connectivity index (χ3n) is 1.34. The van der Waals surface area contributed by atoms with Crippen molar-refractivity contribution < 1.29 is 0 Å². The average Bonchev–Trinajstić information content (AvgIpc) is 2.20. The Labute approximate surface area is 73.3 Å². The van der Waals surface area contributed by atoms with Crippen LogP contribution >= 0.6 is 27.5 Å². The van der Waals surface area contributed by atoms with E-state index >= 15 is 0 Å². The molecule has 2 nitrogen and oxygen atoms in total. The molecule has 0 aliphatic carbocycles. The van der Waals surface area contributed by atoms with Crippen molar-refractivity contribution in [3.8, 4) is 0 Å². The SMILES string of the molecule is Cn1ncc(Br)c1CCCl. The molecule has 0 aliphatic rings. The molecular formula is C6H8BrClN2. The van der Waals surface area contributed by atoms with E-state index in [0.29, 0.717) is 5.88 Å². The number of halogens is 2. The summed E-state index contributed by atoms with van der Waals surface area (Å²) < 4.78 is 2.86. The molecule has 0 fully saturated rings. The summed E-state index contributed by atoms with van der Waals surface area (Å²) in [5.41, 5.74) is 1.15.